The van der Waals surface area contributed by atoms with Crippen LogP contribution in [0.2, 0.25) is 0 Å². The molecule has 382 valence electrons. The summed E-state index contributed by atoms with van der Waals surface area (Å²) in [6.07, 6.45) is 40.7. The lowest BCUT2D eigenvalue weighted by Gasteiger charge is -2.40. The van der Waals surface area contributed by atoms with Crippen LogP contribution in [0, 0.1) is 0 Å². The number of hydrogen-bond acceptors (Lipinski definition) is 10. The Morgan fingerprint density at radius 3 is 1.37 bits per heavy atom. The third-order valence-corrected chi connectivity index (χ3v) is 12.9. The van der Waals surface area contributed by atoms with E-state index in [0.717, 1.165) is 44.9 Å². The van der Waals surface area contributed by atoms with Gasteiger partial charge >= 0.3 is 0 Å². The minimum Gasteiger partial charge on any atom is -0.394 e. The molecule has 1 aliphatic rings. The van der Waals surface area contributed by atoms with Crippen molar-refractivity contribution in [3.8, 4) is 0 Å². The maximum absolute atomic E-state index is 13.1. The molecule has 0 saturated carbocycles. The van der Waals surface area contributed by atoms with Crippen LogP contribution in [-0.4, -0.2) is 110 Å². The van der Waals surface area contributed by atoms with E-state index < -0.39 is 74.2 Å². The average molecular weight is 924 g/mol. The standard InChI is InChI=1S/C54H101NO10/c1-3-5-7-9-11-13-15-17-18-19-20-21-22-23-24-25-26-27-28-29-30-32-33-35-37-39-41-46(57)49(59)45(44-64-54-52(62)51(61)50(60)48(43-56)65-54)55-53(63)47(58)42-40-38-36-34-31-16-14-12-10-8-6-4-2/h24-25,28-29,33,35,45-52,54,56-62H,3-23,26-27,30-32,34,36-44H2,1-2H3,(H,55,63)/b25-24+,29-28+,35-33+. The van der Waals surface area contributed by atoms with Crippen LogP contribution in [0.15, 0.2) is 36.5 Å². The minimum atomic E-state index is -1.67. The van der Waals surface area contributed by atoms with Gasteiger partial charge in [0, 0.05) is 0 Å². The Morgan fingerprint density at radius 1 is 0.523 bits per heavy atom. The molecule has 11 heteroatoms. The summed E-state index contributed by atoms with van der Waals surface area (Å²) >= 11 is 0. The Bertz CT molecular complexity index is 1150. The molecule has 1 heterocycles. The van der Waals surface area contributed by atoms with Crippen molar-refractivity contribution in [3.63, 3.8) is 0 Å². The second kappa shape index (κ2) is 43.6. The molecule has 0 aliphatic carbocycles. The van der Waals surface area contributed by atoms with E-state index in [1.54, 1.807) is 0 Å². The van der Waals surface area contributed by atoms with Crippen molar-refractivity contribution < 1.29 is 50.0 Å². The fourth-order valence-corrected chi connectivity index (χ4v) is 8.47. The molecule has 0 aromatic heterocycles. The number of nitrogens with one attached hydrogen (secondary N) is 1. The molecule has 9 atom stereocenters. The Hall–Kier alpha value is -1.67. The smallest absolute Gasteiger partial charge is 0.249 e. The van der Waals surface area contributed by atoms with Crippen molar-refractivity contribution in [2.24, 2.45) is 0 Å². The Labute approximate surface area is 397 Å². The van der Waals surface area contributed by atoms with Crippen LogP contribution in [0.1, 0.15) is 232 Å². The number of hydrogen-bond donors (Lipinski definition) is 8. The number of carbonyl (C=O) groups is 1. The highest BCUT2D eigenvalue weighted by atomic mass is 16.7. The molecule has 65 heavy (non-hydrogen) atoms. The van der Waals surface area contributed by atoms with Crippen LogP contribution in [0.25, 0.3) is 0 Å². The Balaban J connectivity index is 2.36. The summed E-state index contributed by atoms with van der Waals surface area (Å²) in [5.74, 6) is -0.713. The number of carbonyl (C=O) groups excluding carboxylic acids is 1. The normalized spacial score (nSPS) is 21.2. The topological polar surface area (TPSA) is 189 Å². The Morgan fingerprint density at radius 2 is 0.923 bits per heavy atom. The summed E-state index contributed by atoms with van der Waals surface area (Å²) in [4.78, 5) is 13.1. The molecular weight excluding hydrogens is 823 g/mol. The zero-order valence-electron chi connectivity index (χ0n) is 41.5. The van der Waals surface area contributed by atoms with Gasteiger partial charge in [-0.05, 0) is 64.2 Å². The zero-order valence-corrected chi connectivity index (χ0v) is 41.5. The molecule has 1 saturated heterocycles. The van der Waals surface area contributed by atoms with Gasteiger partial charge in [-0.15, -0.1) is 0 Å². The van der Waals surface area contributed by atoms with Gasteiger partial charge in [-0.1, -0.05) is 204 Å². The molecule has 1 fully saturated rings. The van der Waals surface area contributed by atoms with E-state index in [2.05, 4.69) is 55.6 Å². The van der Waals surface area contributed by atoms with E-state index in [4.69, 9.17) is 9.47 Å². The molecular formula is C54H101NO10. The van der Waals surface area contributed by atoms with Gasteiger partial charge in [-0.2, -0.15) is 0 Å². The molecule has 0 radical (unpaired) electrons. The molecule has 1 amide bonds. The van der Waals surface area contributed by atoms with Crippen LogP contribution in [0.3, 0.4) is 0 Å². The van der Waals surface area contributed by atoms with Gasteiger partial charge in [0.05, 0.1) is 25.4 Å². The molecule has 0 bridgehead atoms. The predicted octanol–water partition coefficient (Wildman–Crippen LogP) is 10.3. The summed E-state index contributed by atoms with van der Waals surface area (Å²) in [5.41, 5.74) is 0. The van der Waals surface area contributed by atoms with Crippen LogP contribution in [0.5, 0.6) is 0 Å². The van der Waals surface area contributed by atoms with Crippen LogP contribution in [0.4, 0.5) is 0 Å². The van der Waals surface area contributed by atoms with Crippen molar-refractivity contribution in [2.45, 2.75) is 287 Å². The summed E-state index contributed by atoms with van der Waals surface area (Å²) in [6.45, 7) is 3.42. The third kappa shape index (κ3) is 32.7. The summed E-state index contributed by atoms with van der Waals surface area (Å²) in [6, 6.07) is -1.19. The highest BCUT2D eigenvalue weighted by Crippen LogP contribution is 2.23. The van der Waals surface area contributed by atoms with E-state index in [0.29, 0.717) is 19.3 Å². The number of aliphatic hydroxyl groups is 7. The molecule has 1 aliphatic heterocycles. The second-order valence-electron chi connectivity index (χ2n) is 18.9. The van der Waals surface area contributed by atoms with Gasteiger partial charge in [0.1, 0.15) is 36.6 Å². The van der Waals surface area contributed by atoms with Crippen molar-refractivity contribution >= 4 is 5.91 Å². The first kappa shape index (κ1) is 61.3. The maximum Gasteiger partial charge on any atom is 0.249 e. The van der Waals surface area contributed by atoms with Gasteiger partial charge in [0.25, 0.3) is 0 Å². The fraction of sp³-hybridized carbons (Fsp3) is 0.870. The second-order valence-corrected chi connectivity index (χ2v) is 18.9. The van der Waals surface area contributed by atoms with E-state index >= 15 is 0 Å². The molecule has 11 nitrogen and oxygen atoms in total. The van der Waals surface area contributed by atoms with Crippen molar-refractivity contribution in [1.29, 1.82) is 0 Å². The van der Waals surface area contributed by atoms with E-state index in [1.807, 2.05) is 0 Å². The highest BCUT2D eigenvalue weighted by molar-refractivity contribution is 5.80. The lowest BCUT2D eigenvalue weighted by molar-refractivity contribution is -0.303. The molecule has 8 N–H and O–H groups in total. The monoisotopic (exact) mass is 924 g/mol. The number of unbranched alkanes of at least 4 members (excludes halogenated alkanes) is 27. The first-order valence-electron chi connectivity index (χ1n) is 26.9. The van der Waals surface area contributed by atoms with E-state index in [1.165, 1.54) is 141 Å². The molecule has 0 aromatic carbocycles. The predicted molar refractivity (Wildman–Crippen MR) is 265 cm³/mol. The minimum absolute atomic E-state index is 0.242. The van der Waals surface area contributed by atoms with Gasteiger partial charge in [-0.25, -0.2) is 0 Å². The molecule has 9 unspecified atom stereocenters. The Kier molecular flexibility index (Phi) is 41.1. The largest absolute Gasteiger partial charge is 0.394 e. The van der Waals surface area contributed by atoms with Crippen molar-refractivity contribution in [1.82, 2.24) is 5.32 Å². The van der Waals surface area contributed by atoms with Crippen LogP contribution in [-0.2, 0) is 14.3 Å². The van der Waals surface area contributed by atoms with Crippen LogP contribution < -0.4 is 5.32 Å². The van der Waals surface area contributed by atoms with E-state index in [-0.39, 0.29) is 12.8 Å². The average Bonchev–Trinajstić information content (AvgIpc) is 3.31. The number of aliphatic hydroxyl groups excluding tert-OH is 7. The van der Waals surface area contributed by atoms with Gasteiger partial charge < -0.3 is 50.5 Å². The number of rotatable bonds is 45. The summed E-state index contributed by atoms with van der Waals surface area (Å²) < 4.78 is 11.1. The van der Waals surface area contributed by atoms with E-state index in [9.17, 15) is 40.5 Å². The molecule has 0 spiro atoms. The number of amides is 1. The van der Waals surface area contributed by atoms with Crippen molar-refractivity contribution in [2.75, 3.05) is 13.2 Å². The third-order valence-electron chi connectivity index (χ3n) is 12.9. The fourth-order valence-electron chi connectivity index (χ4n) is 8.47. The highest BCUT2D eigenvalue weighted by Gasteiger charge is 2.44. The summed E-state index contributed by atoms with van der Waals surface area (Å²) in [7, 11) is 0. The first-order valence-corrected chi connectivity index (χ1v) is 26.9. The summed E-state index contributed by atoms with van der Waals surface area (Å²) in [5, 5.41) is 75.8. The first-order chi connectivity index (χ1) is 31.7. The quantitative estimate of drug-likeness (QED) is 0.0216. The van der Waals surface area contributed by atoms with Gasteiger partial charge in [-0.3, -0.25) is 4.79 Å². The van der Waals surface area contributed by atoms with Gasteiger partial charge in [0.2, 0.25) is 5.91 Å². The SMILES string of the molecule is CCCCCCCCCCCCCCC/C=C/CC/C=C/CC/C=C/CCCC(O)C(O)C(COC1OC(CO)C(O)C(O)C1O)NC(=O)C(O)CCCCCCCCCCCCCC. The number of ether oxygens (including phenoxy) is 2. The molecule has 0 aromatic rings. The lowest BCUT2D eigenvalue weighted by Crippen LogP contribution is -2.60. The van der Waals surface area contributed by atoms with Crippen molar-refractivity contribution in [3.05, 3.63) is 36.5 Å². The number of allylic oxidation sites excluding steroid dienone is 6. The van der Waals surface area contributed by atoms with Gasteiger partial charge in [0.15, 0.2) is 6.29 Å². The molecule has 1 rings (SSSR count). The maximum atomic E-state index is 13.1. The van der Waals surface area contributed by atoms with Crippen LogP contribution >= 0.6 is 0 Å². The lowest BCUT2D eigenvalue weighted by atomic mass is 9.98. The zero-order chi connectivity index (χ0) is 47.6.